The summed E-state index contributed by atoms with van der Waals surface area (Å²) in [6, 6.07) is 10.1. The monoisotopic (exact) mass is 447 g/mol. The topological polar surface area (TPSA) is 59.7 Å². The molecule has 1 saturated carbocycles. The summed E-state index contributed by atoms with van der Waals surface area (Å²) in [7, 11) is 0. The predicted octanol–water partition coefficient (Wildman–Crippen LogP) is 5.85. The van der Waals surface area contributed by atoms with Gasteiger partial charge < -0.3 is 9.84 Å². The number of hydrogen-bond acceptors (Lipinski definition) is 4. The third-order valence-electron chi connectivity index (χ3n) is 6.31. The lowest BCUT2D eigenvalue weighted by atomic mass is 9.69. The van der Waals surface area contributed by atoms with Crippen molar-refractivity contribution < 1.29 is 9.84 Å². The number of fused-ring (bicyclic) bond motifs is 1. The SMILES string of the molecule is C=CCC1(O)CC(c2nc(C3=CC(OCc4ccccc4)=CCC3)c3c(Cl)nccn23)C1. The molecule has 5 rings (SSSR count). The van der Waals surface area contributed by atoms with E-state index < -0.39 is 5.60 Å². The van der Waals surface area contributed by atoms with Crippen LogP contribution < -0.4 is 0 Å². The third kappa shape index (κ3) is 3.98. The normalized spacial score (nSPS) is 22.8. The maximum atomic E-state index is 10.6. The van der Waals surface area contributed by atoms with Gasteiger partial charge in [-0.2, -0.15) is 0 Å². The second-order valence-corrected chi connectivity index (χ2v) is 9.02. The van der Waals surface area contributed by atoms with Gasteiger partial charge in [-0.25, -0.2) is 9.97 Å². The molecule has 0 aliphatic heterocycles. The molecule has 1 N–H and O–H groups in total. The fraction of sp³-hybridized carbons (Fsp3) is 0.308. The van der Waals surface area contributed by atoms with Gasteiger partial charge in [0.2, 0.25) is 0 Å². The fourth-order valence-electron chi connectivity index (χ4n) is 4.71. The molecule has 2 aliphatic carbocycles. The molecule has 1 fully saturated rings. The number of rotatable bonds is 7. The molecule has 6 heteroatoms. The van der Waals surface area contributed by atoms with E-state index in [1.807, 2.05) is 28.8 Å². The number of imidazole rings is 1. The Balaban J connectivity index is 1.44. The molecule has 0 amide bonds. The smallest absolute Gasteiger partial charge is 0.155 e. The first kappa shape index (κ1) is 21.0. The summed E-state index contributed by atoms with van der Waals surface area (Å²) in [4.78, 5) is 9.33. The van der Waals surface area contributed by atoms with Crippen LogP contribution in [0.2, 0.25) is 5.15 Å². The molecular formula is C26H26ClN3O2. The summed E-state index contributed by atoms with van der Waals surface area (Å²) in [5.74, 6) is 1.95. The quantitative estimate of drug-likeness (QED) is 0.462. The number of aliphatic hydroxyl groups is 1. The minimum Gasteiger partial charge on any atom is -0.489 e. The van der Waals surface area contributed by atoms with Crippen molar-refractivity contribution in [2.24, 2.45) is 0 Å². The Morgan fingerprint density at radius 2 is 2.09 bits per heavy atom. The predicted molar refractivity (Wildman–Crippen MR) is 126 cm³/mol. The second kappa shape index (κ2) is 8.57. The number of nitrogens with zero attached hydrogens (tertiary/aromatic N) is 3. The van der Waals surface area contributed by atoms with Gasteiger partial charge in [-0.15, -0.1) is 6.58 Å². The first-order valence-electron chi connectivity index (χ1n) is 11.0. The van der Waals surface area contributed by atoms with Crippen LogP contribution in [-0.2, 0) is 11.3 Å². The molecule has 1 aromatic carbocycles. The second-order valence-electron chi connectivity index (χ2n) is 8.67. The number of aromatic nitrogens is 3. The molecule has 2 aliphatic rings. The van der Waals surface area contributed by atoms with Crippen LogP contribution >= 0.6 is 11.6 Å². The lowest BCUT2D eigenvalue weighted by Crippen LogP contribution is -2.42. The highest BCUT2D eigenvalue weighted by Crippen LogP contribution is 2.47. The summed E-state index contributed by atoms with van der Waals surface area (Å²) in [5, 5.41) is 11.1. The van der Waals surface area contributed by atoms with Crippen molar-refractivity contribution >= 4 is 22.7 Å². The lowest BCUT2D eigenvalue weighted by Gasteiger charge is -2.42. The summed E-state index contributed by atoms with van der Waals surface area (Å²) >= 11 is 6.54. The molecule has 3 aromatic rings. The molecule has 5 nitrogen and oxygen atoms in total. The van der Waals surface area contributed by atoms with E-state index in [-0.39, 0.29) is 5.92 Å². The van der Waals surface area contributed by atoms with E-state index in [0.29, 0.717) is 31.0 Å². The van der Waals surface area contributed by atoms with Crippen LogP contribution in [0.4, 0.5) is 0 Å². The van der Waals surface area contributed by atoms with Crippen LogP contribution in [0.5, 0.6) is 0 Å². The van der Waals surface area contributed by atoms with Gasteiger partial charge >= 0.3 is 0 Å². The standard InChI is InChI=1S/C26H26ClN3O2/c1-2-11-26(31)15-20(16-26)25-29-22(23-24(27)28-12-13-30(23)25)19-9-6-10-21(14-19)32-17-18-7-4-3-5-8-18/h2-5,7-8,10,12-14,20,31H,1,6,9,11,15-17H2. The number of hydrogen-bond donors (Lipinski definition) is 1. The molecule has 164 valence electrons. The van der Waals surface area contributed by atoms with Gasteiger partial charge in [0.05, 0.1) is 11.3 Å². The first-order chi connectivity index (χ1) is 15.6. The Labute approximate surface area is 192 Å². The first-order valence-corrected chi connectivity index (χ1v) is 11.4. The number of allylic oxidation sites excluding steroid dienone is 3. The Kier molecular flexibility index (Phi) is 5.62. The molecule has 0 spiro atoms. The minimum atomic E-state index is -0.680. The number of halogens is 1. The Hall–Kier alpha value is -2.89. The largest absolute Gasteiger partial charge is 0.489 e. The van der Waals surface area contributed by atoms with Crippen LogP contribution in [0.1, 0.15) is 55.1 Å². The van der Waals surface area contributed by atoms with E-state index in [9.17, 15) is 5.11 Å². The zero-order chi connectivity index (χ0) is 22.1. The van der Waals surface area contributed by atoms with Gasteiger partial charge in [-0.05, 0) is 55.4 Å². The van der Waals surface area contributed by atoms with Gasteiger partial charge in [-0.3, -0.25) is 4.40 Å². The summed E-state index contributed by atoms with van der Waals surface area (Å²) < 4.78 is 8.10. The molecule has 2 heterocycles. The summed E-state index contributed by atoms with van der Waals surface area (Å²) in [6.45, 7) is 4.29. The minimum absolute atomic E-state index is 0.174. The highest BCUT2D eigenvalue weighted by atomic mass is 35.5. The van der Waals surface area contributed by atoms with E-state index >= 15 is 0 Å². The van der Waals surface area contributed by atoms with Crippen molar-refractivity contribution in [3.63, 3.8) is 0 Å². The molecule has 0 atom stereocenters. The van der Waals surface area contributed by atoms with Crippen LogP contribution in [0.3, 0.4) is 0 Å². The van der Waals surface area contributed by atoms with Gasteiger partial charge in [0.15, 0.2) is 5.15 Å². The molecule has 0 saturated heterocycles. The third-order valence-corrected chi connectivity index (χ3v) is 6.58. The van der Waals surface area contributed by atoms with Crippen molar-refractivity contribution in [2.75, 3.05) is 0 Å². The lowest BCUT2D eigenvalue weighted by molar-refractivity contribution is -0.0479. The zero-order valence-electron chi connectivity index (χ0n) is 17.9. The van der Waals surface area contributed by atoms with Crippen molar-refractivity contribution in [3.8, 4) is 0 Å². The van der Waals surface area contributed by atoms with Crippen molar-refractivity contribution in [1.29, 1.82) is 0 Å². The highest BCUT2D eigenvalue weighted by Gasteiger charge is 2.44. The van der Waals surface area contributed by atoms with Gasteiger partial charge in [0, 0.05) is 18.3 Å². The zero-order valence-corrected chi connectivity index (χ0v) is 18.6. The Morgan fingerprint density at radius 3 is 2.88 bits per heavy atom. The Morgan fingerprint density at radius 1 is 1.28 bits per heavy atom. The van der Waals surface area contributed by atoms with Crippen LogP contribution in [-0.4, -0.2) is 25.1 Å². The molecular weight excluding hydrogens is 422 g/mol. The maximum Gasteiger partial charge on any atom is 0.155 e. The Bertz CT molecular complexity index is 1210. The average Bonchev–Trinajstić information content (AvgIpc) is 3.18. The summed E-state index contributed by atoms with van der Waals surface area (Å²) in [5.41, 5.74) is 3.22. The van der Waals surface area contributed by atoms with E-state index in [2.05, 4.69) is 35.8 Å². The summed E-state index contributed by atoms with van der Waals surface area (Å²) in [6.07, 6.45) is 13.2. The van der Waals surface area contributed by atoms with Gasteiger partial charge in [0.1, 0.15) is 23.7 Å². The number of ether oxygens (including phenoxy) is 1. The van der Waals surface area contributed by atoms with Gasteiger partial charge in [0.25, 0.3) is 0 Å². The van der Waals surface area contributed by atoms with Crippen LogP contribution in [0.25, 0.3) is 11.1 Å². The highest BCUT2D eigenvalue weighted by molar-refractivity contribution is 6.33. The average molecular weight is 448 g/mol. The van der Waals surface area contributed by atoms with Crippen LogP contribution in [0.15, 0.2) is 73.3 Å². The van der Waals surface area contributed by atoms with Gasteiger partial charge in [-0.1, -0.05) is 48.0 Å². The molecule has 0 unspecified atom stereocenters. The van der Waals surface area contributed by atoms with E-state index in [4.69, 9.17) is 21.3 Å². The maximum absolute atomic E-state index is 10.6. The molecule has 32 heavy (non-hydrogen) atoms. The number of benzene rings is 1. The van der Waals surface area contributed by atoms with E-state index in [1.165, 1.54) is 0 Å². The molecule has 2 aromatic heterocycles. The van der Waals surface area contributed by atoms with Crippen molar-refractivity contribution in [1.82, 2.24) is 14.4 Å². The van der Waals surface area contributed by atoms with Crippen LogP contribution in [0, 0.1) is 0 Å². The molecule has 0 radical (unpaired) electrons. The van der Waals surface area contributed by atoms with Crippen molar-refractivity contribution in [3.05, 3.63) is 95.5 Å². The van der Waals surface area contributed by atoms with E-state index in [0.717, 1.165) is 46.8 Å². The molecule has 0 bridgehead atoms. The van der Waals surface area contributed by atoms with Crippen molar-refractivity contribution in [2.45, 2.75) is 50.2 Å². The fourth-order valence-corrected chi connectivity index (χ4v) is 4.95. The van der Waals surface area contributed by atoms with E-state index in [1.54, 1.807) is 12.3 Å².